The van der Waals surface area contributed by atoms with Gasteiger partial charge in [0.05, 0.1) is 0 Å². The van der Waals surface area contributed by atoms with E-state index in [1.807, 2.05) is 11.9 Å². The number of hydrogen-bond donors (Lipinski definition) is 1. The summed E-state index contributed by atoms with van der Waals surface area (Å²) in [5.41, 5.74) is 0. The molecule has 3 aliphatic heterocycles. The lowest BCUT2D eigenvalue weighted by atomic mass is 10.2. The zero-order chi connectivity index (χ0) is 16.9. The van der Waals surface area contributed by atoms with Crippen LogP contribution in [0.15, 0.2) is 4.99 Å². The Balaban J connectivity index is 1.44. The Morgan fingerprint density at radius 2 is 1.88 bits per heavy atom. The second kappa shape index (κ2) is 8.16. The number of piperazine rings is 1. The Kier molecular flexibility index (Phi) is 5.94. The van der Waals surface area contributed by atoms with Gasteiger partial charge in [-0.15, -0.1) is 0 Å². The predicted molar refractivity (Wildman–Crippen MR) is 94.1 cm³/mol. The molecule has 0 aromatic heterocycles. The van der Waals surface area contributed by atoms with Gasteiger partial charge in [-0.1, -0.05) is 0 Å². The van der Waals surface area contributed by atoms with E-state index in [9.17, 15) is 4.79 Å². The first-order chi connectivity index (χ1) is 11.7. The van der Waals surface area contributed by atoms with Gasteiger partial charge in [0, 0.05) is 52.4 Å². The molecule has 0 aliphatic carbocycles. The zero-order valence-electron chi connectivity index (χ0n) is 15.0. The van der Waals surface area contributed by atoms with Gasteiger partial charge in [0.15, 0.2) is 5.96 Å². The molecule has 0 radical (unpaired) electrons. The van der Waals surface area contributed by atoms with Gasteiger partial charge in [-0.05, 0) is 39.3 Å². The zero-order valence-corrected chi connectivity index (χ0v) is 15.0. The number of aliphatic imine (C=N–C) groups is 1. The highest BCUT2D eigenvalue weighted by atomic mass is 16.5. The van der Waals surface area contributed by atoms with E-state index in [4.69, 9.17) is 4.74 Å². The summed E-state index contributed by atoms with van der Waals surface area (Å²) in [6, 6.07) is 0.601. The molecule has 3 aliphatic rings. The topological polar surface area (TPSA) is 60.4 Å². The van der Waals surface area contributed by atoms with Crippen molar-refractivity contribution < 1.29 is 9.53 Å². The molecule has 3 heterocycles. The summed E-state index contributed by atoms with van der Waals surface area (Å²) in [4.78, 5) is 23.5. The van der Waals surface area contributed by atoms with Gasteiger partial charge >= 0.3 is 0 Å². The number of likely N-dealkylation sites (N-methyl/N-ethyl adjacent to an activating group) is 1. The summed E-state index contributed by atoms with van der Waals surface area (Å²) in [7, 11) is 4.03. The number of likely N-dealkylation sites (tertiary alicyclic amines) is 1. The second-order valence-electron chi connectivity index (χ2n) is 7.02. The Hall–Kier alpha value is -1.34. The first-order valence-corrected chi connectivity index (χ1v) is 9.25. The van der Waals surface area contributed by atoms with Crippen LogP contribution < -0.4 is 5.32 Å². The van der Waals surface area contributed by atoms with Gasteiger partial charge < -0.3 is 24.8 Å². The van der Waals surface area contributed by atoms with Gasteiger partial charge in [-0.2, -0.15) is 0 Å². The van der Waals surface area contributed by atoms with Crippen LogP contribution >= 0.6 is 0 Å². The van der Waals surface area contributed by atoms with Crippen molar-refractivity contribution in [3.05, 3.63) is 0 Å². The molecule has 2 atom stereocenters. The van der Waals surface area contributed by atoms with Gasteiger partial charge in [0.25, 0.3) is 5.91 Å². The number of nitrogens with one attached hydrogen (secondary N) is 1. The minimum Gasteiger partial charge on any atom is -0.368 e. The molecule has 3 saturated heterocycles. The minimum atomic E-state index is -0.202. The lowest BCUT2D eigenvalue weighted by Crippen LogP contribution is -2.56. The first kappa shape index (κ1) is 17.5. The van der Waals surface area contributed by atoms with E-state index < -0.39 is 0 Å². The summed E-state index contributed by atoms with van der Waals surface area (Å²) in [6.45, 7) is 6.03. The summed E-state index contributed by atoms with van der Waals surface area (Å²) >= 11 is 0. The highest BCUT2D eigenvalue weighted by Crippen LogP contribution is 2.16. The van der Waals surface area contributed by atoms with E-state index >= 15 is 0 Å². The predicted octanol–water partition coefficient (Wildman–Crippen LogP) is -0.0208. The molecule has 0 saturated carbocycles. The van der Waals surface area contributed by atoms with Gasteiger partial charge in [-0.25, -0.2) is 0 Å². The third-order valence-electron chi connectivity index (χ3n) is 5.48. The molecule has 24 heavy (non-hydrogen) atoms. The largest absolute Gasteiger partial charge is 0.368 e. The number of nitrogens with zero attached hydrogens (tertiary/aromatic N) is 4. The van der Waals surface area contributed by atoms with E-state index in [0.717, 1.165) is 58.1 Å². The Morgan fingerprint density at radius 1 is 1.12 bits per heavy atom. The van der Waals surface area contributed by atoms with Gasteiger partial charge in [-0.3, -0.25) is 9.79 Å². The Morgan fingerprint density at radius 3 is 2.46 bits per heavy atom. The van der Waals surface area contributed by atoms with E-state index in [0.29, 0.717) is 6.04 Å². The number of guanidine groups is 1. The van der Waals surface area contributed by atoms with Crippen molar-refractivity contribution >= 4 is 11.9 Å². The molecule has 3 rings (SSSR count). The van der Waals surface area contributed by atoms with Crippen LogP contribution in [-0.2, 0) is 9.53 Å². The molecule has 7 heteroatoms. The van der Waals surface area contributed by atoms with Crippen LogP contribution in [0.1, 0.15) is 25.7 Å². The molecule has 3 fully saturated rings. The van der Waals surface area contributed by atoms with Crippen LogP contribution in [0.2, 0.25) is 0 Å². The Bertz CT molecular complexity index is 456. The fourth-order valence-corrected chi connectivity index (χ4v) is 3.89. The molecule has 0 aromatic carbocycles. The summed E-state index contributed by atoms with van der Waals surface area (Å²) in [5.74, 6) is 1.13. The van der Waals surface area contributed by atoms with Crippen molar-refractivity contribution in [2.24, 2.45) is 4.99 Å². The smallest absolute Gasteiger partial charge is 0.251 e. The van der Waals surface area contributed by atoms with Crippen LogP contribution in [0, 0.1) is 0 Å². The minimum absolute atomic E-state index is 0.169. The molecule has 1 amide bonds. The average Bonchev–Trinajstić information content (AvgIpc) is 3.27. The van der Waals surface area contributed by atoms with Crippen molar-refractivity contribution in [2.75, 3.05) is 60.0 Å². The number of carbonyl (C=O) groups is 1. The maximum absolute atomic E-state index is 12.4. The number of amides is 1. The first-order valence-electron chi connectivity index (χ1n) is 9.25. The van der Waals surface area contributed by atoms with Crippen molar-refractivity contribution in [3.63, 3.8) is 0 Å². The van der Waals surface area contributed by atoms with Crippen molar-refractivity contribution in [1.82, 2.24) is 20.0 Å². The van der Waals surface area contributed by atoms with E-state index in [-0.39, 0.29) is 12.0 Å². The summed E-state index contributed by atoms with van der Waals surface area (Å²) in [5, 5.41) is 3.52. The van der Waals surface area contributed by atoms with Crippen molar-refractivity contribution in [3.8, 4) is 0 Å². The number of ether oxygens (including phenoxy) is 1. The molecule has 7 nitrogen and oxygen atoms in total. The lowest BCUT2D eigenvalue weighted by Gasteiger charge is -2.37. The highest BCUT2D eigenvalue weighted by molar-refractivity contribution is 5.82. The number of carbonyl (C=O) groups excluding carboxylic acids is 1. The lowest BCUT2D eigenvalue weighted by molar-refractivity contribution is -0.142. The van der Waals surface area contributed by atoms with E-state index in [1.165, 1.54) is 19.4 Å². The standard InChI is InChI=1S/C17H31N5O2/c1-18-17(19-13-14-5-3-7-20(14)2)22-10-8-21(9-11-22)16(23)15-6-4-12-24-15/h14-15H,3-13H2,1-2H3,(H,18,19). The van der Waals surface area contributed by atoms with Gasteiger partial charge in [0.2, 0.25) is 0 Å². The van der Waals surface area contributed by atoms with Gasteiger partial charge in [0.1, 0.15) is 6.10 Å². The quantitative estimate of drug-likeness (QED) is 0.579. The molecule has 2 unspecified atom stereocenters. The monoisotopic (exact) mass is 337 g/mol. The number of hydrogen-bond acceptors (Lipinski definition) is 4. The Labute approximate surface area is 145 Å². The fourth-order valence-electron chi connectivity index (χ4n) is 3.89. The van der Waals surface area contributed by atoms with Crippen LogP contribution in [0.25, 0.3) is 0 Å². The highest BCUT2D eigenvalue weighted by Gasteiger charge is 2.31. The second-order valence-corrected chi connectivity index (χ2v) is 7.02. The fraction of sp³-hybridized carbons (Fsp3) is 0.882. The summed E-state index contributed by atoms with van der Waals surface area (Å²) in [6.07, 6.45) is 4.21. The molecule has 136 valence electrons. The van der Waals surface area contributed by atoms with Crippen LogP contribution in [0.3, 0.4) is 0 Å². The SMILES string of the molecule is CN=C(NCC1CCCN1C)N1CCN(C(=O)C2CCCO2)CC1. The normalized spacial score (nSPS) is 29.3. The van der Waals surface area contributed by atoms with E-state index in [1.54, 1.807) is 0 Å². The summed E-state index contributed by atoms with van der Waals surface area (Å²) < 4.78 is 5.52. The molecule has 0 aromatic rings. The van der Waals surface area contributed by atoms with Crippen molar-refractivity contribution in [2.45, 2.75) is 37.8 Å². The molecule has 1 N–H and O–H groups in total. The third-order valence-corrected chi connectivity index (χ3v) is 5.48. The molecule has 0 spiro atoms. The third kappa shape index (κ3) is 4.00. The molecular weight excluding hydrogens is 306 g/mol. The van der Waals surface area contributed by atoms with Crippen molar-refractivity contribution in [1.29, 1.82) is 0 Å². The van der Waals surface area contributed by atoms with Crippen LogP contribution in [0.5, 0.6) is 0 Å². The molecular formula is C17H31N5O2. The maximum Gasteiger partial charge on any atom is 0.251 e. The molecule has 0 bridgehead atoms. The maximum atomic E-state index is 12.4. The number of rotatable bonds is 3. The van der Waals surface area contributed by atoms with Crippen LogP contribution in [0.4, 0.5) is 0 Å². The van der Waals surface area contributed by atoms with E-state index in [2.05, 4.69) is 27.2 Å². The van der Waals surface area contributed by atoms with Crippen LogP contribution in [-0.4, -0.2) is 98.7 Å². The average molecular weight is 337 g/mol.